The van der Waals surface area contributed by atoms with E-state index in [2.05, 4.69) is 11.9 Å². The molecule has 8 nitrogen and oxygen atoms in total. The van der Waals surface area contributed by atoms with E-state index in [1.807, 2.05) is 0 Å². The molecule has 0 aliphatic carbocycles. The minimum atomic E-state index is -0.787. The van der Waals surface area contributed by atoms with Crippen LogP contribution >= 0.6 is 0 Å². The van der Waals surface area contributed by atoms with Crippen molar-refractivity contribution in [1.29, 1.82) is 0 Å². The van der Waals surface area contributed by atoms with Gasteiger partial charge in [0.1, 0.15) is 5.75 Å². The zero-order valence-corrected chi connectivity index (χ0v) is 15.1. The van der Waals surface area contributed by atoms with Gasteiger partial charge >= 0.3 is 5.97 Å². The zero-order chi connectivity index (χ0) is 20.1. The predicted octanol–water partition coefficient (Wildman–Crippen LogP) is 3.19. The Kier molecular flexibility index (Phi) is 5.69. The van der Waals surface area contributed by atoms with Crippen LogP contribution in [0.2, 0.25) is 0 Å². The third kappa shape index (κ3) is 4.17. The topological polar surface area (TPSA) is 114 Å². The van der Waals surface area contributed by atoms with Crippen LogP contribution in [-0.2, 0) is 9.53 Å². The maximum Gasteiger partial charge on any atom is 0.363 e. The van der Waals surface area contributed by atoms with Crippen molar-refractivity contribution < 1.29 is 24.3 Å². The first-order valence-corrected chi connectivity index (χ1v) is 8.70. The van der Waals surface area contributed by atoms with Crippen molar-refractivity contribution in [1.82, 2.24) is 0 Å². The van der Waals surface area contributed by atoms with Gasteiger partial charge in [0.05, 0.1) is 11.5 Å². The van der Waals surface area contributed by atoms with E-state index in [9.17, 15) is 20.0 Å². The molecule has 8 heteroatoms. The fourth-order valence-corrected chi connectivity index (χ4v) is 2.51. The van der Waals surface area contributed by atoms with Gasteiger partial charge in [0.2, 0.25) is 5.90 Å². The van der Waals surface area contributed by atoms with E-state index in [1.54, 1.807) is 24.3 Å². The standard InChI is InChI=1S/C20H18N2O6/c1-2-3-11-27-15-9-7-13(8-10-15)19-21-16(20(24)28-19)12-14-5-4-6-17(18(14)23)22(25)26/h4-10,12,23H,2-3,11H2,1H3/p-1. The molecule has 3 rings (SSSR count). The molecular formula is C20H17N2O6-. The normalized spacial score (nSPS) is 14.7. The summed E-state index contributed by atoms with van der Waals surface area (Å²) in [5.41, 5.74) is -0.105. The molecular weight excluding hydrogens is 364 g/mol. The molecule has 2 aromatic carbocycles. The number of nitrogens with zero attached hydrogens (tertiary/aromatic N) is 2. The minimum Gasteiger partial charge on any atom is -0.867 e. The number of benzene rings is 2. The number of unbranched alkanes of at least 4 members (excludes halogenated alkanes) is 1. The van der Waals surface area contributed by atoms with Crippen molar-refractivity contribution in [3.63, 3.8) is 0 Å². The number of ether oxygens (including phenoxy) is 2. The summed E-state index contributed by atoms with van der Waals surface area (Å²) in [7, 11) is 0. The lowest BCUT2D eigenvalue weighted by Gasteiger charge is -2.09. The molecule has 0 atom stereocenters. The van der Waals surface area contributed by atoms with Crippen LogP contribution in [0.4, 0.5) is 5.69 Å². The molecule has 0 amide bonds. The molecule has 28 heavy (non-hydrogen) atoms. The number of nitro groups is 1. The van der Waals surface area contributed by atoms with E-state index in [0.29, 0.717) is 17.9 Å². The molecule has 0 bridgehead atoms. The summed E-state index contributed by atoms with van der Waals surface area (Å²) in [6.07, 6.45) is 3.18. The Morgan fingerprint density at radius 3 is 2.64 bits per heavy atom. The van der Waals surface area contributed by atoms with Gasteiger partial charge in [-0.15, -0.1) is 0 Å². The molecule has 0 saturated heterocycles. The molecule has 0 aromatic heterocycles. The van der Waals surface area contributed by atoms with Crippen LogP contribution in [0, 0.1) is 10.1 Å². The fraction of sp³-hybridized carbons (Fsp3) is 0.200. The average molecular weight is 381 g/mol. The highest BCUT2D eigenvalue weighted by Crippen LogP contribution is 2.29. The lowest BCUT2D eigenvalue weighted by molar-refractivity contribution is -0.398. The number of esters is 1. The summed E-state index contributed by atoms with van der Waals surface area (Å²) in [6, 6.07) is 10.8. The third-order valence-corrected chi connectivity index (χ3v) is 4.00. The van der Waals surface area contributed by atoms with E-state index >= 15 is 0 Å². The maximum atomic E-state index is 12.1. The molecule has 0 N–H and O–H groups in total. The van der Waals surface area contributed by atoms with Gasteiger partial charge in [0, 0.05) is 11.6 Å². The van der Waals surface area contributed by atoms with E-state index in [0.717, 1.165) is 18.9 Å². The van der Waals surface area contributed by atoms with Gasteiger partial charge in [-0.1, -0.05) is 25.5 Å². The summed E-state index contributed by atoms with van der Waals surface area (Å²) in [4.78, 5) is 26.3. The van der Waals surface area contributed by atoms with E-state index in [4.69, 9.17) is 9.47 Å². The predicted molar refractivity (Wildman–Crippen MR) is 100.0 cm³/mol. The highest BCUT2D eigenvalue weighted by atomic mass is 16.6. The van der Waals surface area contributed by atoms with Gasteiger partial charge in [0.25, 0.3) is 5.69 Å². The largest absolute Gasteiger partial charge is 0.867 e. The van der Waals surface area contributed by atoms with E-state index in [-0.39, 0.29) is 17.2 Å². The average Bonchev–Trinajstić information content (AvgIpc) is 3.04. The maximum absolute atomic E-state index is 12.1. The molecule has 144 valence electrons. The van der Waals surface area contributed by atoms with Crippen LogP contribution < -0.4 is 9.84 Å². The first-order valence-electron chi connectivity index (χ1n) is 8.70. The zero-order valence-electron chi connectivity index (χ0n) is 15.1. The first-order chi connectivity index (χ1) is 13.5. The van der Waals surface area contributed by atoms with Crippen LogP contribution in [0.15, 0.2) is 53.2 Å². The Balaban J connectivity index is 1.82. The molecule has 2 aromatic rings. The highest BCUT2D eigenvalue weighted by Gasteiger charge is 2.24. The second-order valence-corrected chi connectivity index (χ2v) is 6.02. The van der Waals surface area contributed by atoms with Crippen LogP contribution in [0.25, 0.3) is 6.08 Å². The highest BCUT2D eigenvalue weighted by molar-refractivity contribution is 6.13. The summed E-state index contributed by atoms with van der Waals surface area (Å²) >= 11 is 0. The number of para-hydroxylation sites is 1. The van der Waals surface area contributed by atoms with Crippen LogP contribution in [-0.4, -0.2) is 23.4 Å². The Morgan fingerprint density at radius 2 is 1.96 bits per heavy atom. The smallest absolute Gasteiger partial charge is 0.363 e. The van der Waals surface area contributed by atoms with Gasteiger partial charge < -0.3 is 14.6 Å². The molecule has 1 aliphatic rings. The fourth-order valence-electron chi connectivity index (χ4n) is 2.51. The van der Waals surface area contributed by atoms with Crippen molar-refractivity contribution in [2.75, 3.05) is 6.61 Å². The number of aliphatic imine (C=N–C) groups is 1. The van der Waals surface area contributed by atoms with Gasteiger partial charge in [-0.2, -0.15) is 0 Å². The van der Waals surface area contributed by atoms with Crippen molar-refractivity contribution >= 4 is 23.6 Å². The minimum absolute atomic E-state index is 0.00850. The third-order valence-electron chi connectivity index (χ3n) is 4.00. The number of carbonyl (C=O) groups excluding carboxylic acids is 1. The van der Waals surface area contributed by atoms with Gasteiger partial charge in [-0.25, -0.2) is 9.79 Å². The molecule has 0 radical (unpaired) electrons. The summed E-state index contributed by atoms with van der Waals surface area (Å²) < 4.78 is 10.7. The number of cyclic esters (lactones) is 1. The van der Waals surface area contributed by atoms with Crippen LogP contribution in [0.3, 0.4) is 0 Å². The first kappa shape index (κ1) is 19.1. The summed E-state index contributed by atoms with van der Waals surface area (Å²) in [6.45, 7) is 2.70. The summed E-state index contributed by atoms with van der Waals surface area (Å²) in [5, 5.41) is 23.0. The molecule has 0 spiro atoms. The number of nitro benzene ring substituents is 1. The van der Waals surface area contributed by atoms with Gasteiger partial charge in [-0.3, -0.25) is 10.1 Å². The quantitative estimate of drug-likeness (QED) is 0.239. The Labute approximate surface area is 160 Å². The number of carbonyl (C=O) groups is 1. The SMILES string of the molecule is CCCCOc1ccc(C2=NC(=Cc3cccc([N+](=O)[O-])c3[O-])C(=O)O2)cc1. The van der Waals surface area contributed by atoms with E-state index < -0.39 is 22.3 Å². The van der Waals surface area contributed by atoms with Gasteiger partial charge in [0.15, 0.2) is 5.70 Å². The Hall–Kier alpha value is -3.68. The van der Waals surface area contributed by atoms with Crippen molar-refractivity contribution in [3.8, 4) is 11.5 Å². The molecule has 0 unspecified atom stereocenters. The molecule has 1 aliphatic heterocycles. The van der Waals surface area contributed by atoms with Crippen LogP contribution in [0.1, 0.15) is 30.9 Å². The second kappa shape index (κ2) is 8.34. The lowest BCUT2D eigenvalue weighted by atomic mass is 10.1. The van der Waals surface area contributed by atoms with Crippen molar-refractivity contribution in [2.45, 2.75) is 19.8 Å². The summed E-state index contributed by atoms with van der Waals surface area (Å²) in [5.74, 6) is -0.728. The molecule has 1 heterocycles. The monoisotopic (exact) mass is 381 g/mol. The molecule has 0 fully saturated rings. The molecule has 0 saturated carbocycles. The van der Waals surface area contributed by atoms with Crippen molar-refractivity contribution in [3.05, 3.63) is 69.4 Å². The number of rotatable bonds is 7. The lowest BCUT2D eigenvalue weighted by Crippen LogP contribution is -2.05. The Bertz CT molecular complexity index is 963. The van der Waals surface area contributed by atoms with Gasteiger partial charge in [-0.05, 0) is 48.1 Å². The number of hydrogen-bond donors (Lipinski definition) is 0. The Morgan fingerprint density at radius 1 is 1.21 bits per heavy atom. The van der Waals surface area contributed by atoms with Crippen LogP contribution in [0.5, 0.6) is 11.5 Å². The van der Waals surface area contributed by atoms with Crippen molar-refractivity contribution in [2.24, 2.45) is 4.99 Å². The second-order valence-electron chi connectivity index (χ2n) is 6.02. The number of hydrogen-bond acceptors (Lipinski definition) is 7. The van der Waals surface area contributed by atoms with E-state index in [1.165, 1.54) is 18.2 Å².